The van der Waals surface area contributed by atoms with Gasteiger partial charge in [-0.25, -0.2) is 4.39 Å². The summed E-state index contributed by atoms with van der Waals surface area (Å²) < 4.78 is 33.2. The van der Waals surface area contributed by atoms with Crippen molar-refractivity contribution in [3.05, 3.63) is 101 Å². The average molecular weight is 378 g/mol. The van der Waals surface area contributed by atoms with Gasteiger partial charge in [0, 0.05) is 5.56 Å². The Hall–Kier alpha value is -2.94. The van der Waals surface area contributed by atoms with Gasteiger partial charge in [0.2, 0.25) is 5.82 Å². The maximum atomic E-state index is 14.2. The minimum Gasteiger partial charge on any atom is -0.491 e. The molecule has 0 aromatic heterocycles. The van der Waals surface area contributed by atoms with E-state index in [0.717, 1.165) is 12.0 Å². The molecule has 0 saturated carbocycles. The standard InChI is InChI=1S/C25H24F2O/c1-3-28-23-16-15-22(24(26)25(23)27)14-13-19-9-11-20(12-10-19)17-18(2)21-7-5-4-6-8-21/h4-16,18H,3,17H2,1-2H3/t18-/m0/s1. The highest BCUT2D eigenvalue weighted by Gasteiger charge is 2.12. The molecule has 0 aliphatic heterocycles. The third-order valence-electron chi connectivity index (χ3n) is 4.72. The molecular weight excluding hydrogens is 354 g/mol. The van der Waals surface area contributed by atoms with Crippen molar-refractivity contribution >= 4 is 12.2 Å². The maximum absolute atomic E-state index is 14.2. The van der Waals surface area contributed by atoms with Crippen molar-refractivity contribution in [2.24, 2.45) is 0 Å². The van der Waals surface area contributed by atoms with Crippen molar-refractivity contribution < 1.29 is 13.5 Å². The van der Waals surface area contributed by atoms with Crippen molar-refractivity contribution in [3.63, 3.8) is 0 Å². The van der Waals surface area contributed by atoms with E-state index in [9.17, 15) is 8.78 Å². The molecule has 0 amide bonds. The number of benzene rings is 3. The molecule has 3 aromatic rings. The third kappa shape index (κ3) is 4.86. The quantitative estimate of drug-likeness (QED) is 0.407. The molecule has 0 spiro atoms. The highest BCUT2D eigenvalue weighted by molar-refractivity contribution is 5.70. The van der Waals surface area contributed by atoms with Crippen molar-refractivity contribution in [2.45, 2.75) is 26.2 Å². The first-order valence-electron chi connectivity index (χ1n) is 9.51. The predicted octanol–water partition coefficient (Wildman–Crippen LogP) is 6.88. The van der Waals surface area contributed by atoms with Crippen LogP contribution < -0.4 is 4.74 Å². The summed E-state index contributed by atoms with van der Waals surface area (Å²) in [5.41, 5.74) is 3.69. The zero-order valence-electron chi connectivity index (χ0n) is 16.2. The Labute approximate surface area is 165 Å². The van der Waals surface area contributed by atoms with Crippen LogP contribution in [-0.4, -0.2) is 6.61 Å². The Bertz CT molecular complexity index is 931. The van der Waals surface area contributed by atoms with Crippen LogP contribution in [0, 0.1) is 11.6 Å². The minimum absolute atomic E-state index is 0.0611. The lowest BCUT2D eigenvalue weighted by molar-refractivity contribution is 0.314. The molecule has 0 aliphatic carbocycles. The molecule has 0 fully saturated rings. The summed E-state index contributed by atoms with van der Waals surface area (Å²) in [6.07, 6.45) is 4.31. The van der Waals surface area contributed by atoms with E-state index in [2.05, 4.69) is 43.3 Å². The maximum Gasteiger partial charge on any atom is 0.201 e. The molecule has 0 saturated heterocycles. The Morgan fingerprint density at radius 2 is 1.57 bits per heavy atom. The molecule has 0 N–H and O–H groups in total. The molecule has 28 heavy (non-hydrogen) atoms. The second-order valence-electron chi connectivity index (χ2n) is 6.80. The molecule has 1 atom stereocenters. The highest BCUT2D eigenvalue weighted by atomic mass is 19.2. The zero-order valence-corrected chi connectivity index (χ0v) is 16.2. The van der Waals surface area contributed by atoms with Crippen LogP contribution in [0.3, 0.4) is 0 Å². The van der Waals surface area contributed by atoms with Gasteiger partial charge < -0.3 is 4.74 Å². The van der Waals surface area contributed by atoms with Crippen LogP contribution in [0.1, 0.15) is 42.0 Å². The van der Waals surface area contributed by atoms with Crippen LogP contribution in [0.15, 0.2) is 66.7 Å². The zero-order chi connectivity index (χ0) is 19.9. The summed E-state index contributed by atoms with van der Waals surface area (Å²) in [4.78, 5) is 0. The molecule has 0 heterocycles. The first-order valence-corrected chi connectivity index (χ1v) is 9.51. The Morgan fingerprint density at radius 1 is 0.857 bits per heavy atom. The van der Waals surface area contributed by atoms with Gasteiger partial charge >= 0.3 is 0 Å². The van der Waals surface area contributed by atoms with Crippen molar-refractivity contribution in [3.8, 4) is 5.75 Å². The van der Waals surface area contributed by atoms with Gasteiger partial charge in [-0.3, -0.25) is 0 Å². The fourth-order valence-electron chi connectivity index (χ4n) is 3.15. The van der Waals surface area contributed by atoms with Crippen LogP contribution >= 0.6 is 0 Å². The van der Waals surface area contributed by atoms with Crippen molar-refractivity contribution in [2.75, 3.05) is 6.61 Å². The average Bonchev–Trinajstić information content (AvgIpc) is 2.73. The molecule has 0 aliphatic rings. The molecule has 3 aromatic carbocycles. The minimum atomic E-state index is -0.950. The molecule has 1 nitrogen and oxygen atoms in total. The van der Waals surface area contributed by atoms with E-state index in [0.29, 0.717) is 12.5 Å². The third-order valence-corrected chi connectivity index (χ3v) is 4.72. The lowest BCUT2D eigenvalue weighted by Gasteiger charge is -2.12. The summed E-state index contributed by atoms with van der Waals surface area (Å²) in [7, 11) is 0. The van der Waals surface area contributed by atoms with Gasteiger partial charge in [-0.15, -0.1) is 0 Å². The number of hydrogen-bond acceptors (Lipinski definition) is 1. The van der Waals surface area contributed by atoms with Gasteiger partial charge in [0.15, 0.2) is 11.6 Å². The number of hydrogen-bond donors (Lipinski definition) is 0. The summed E-state index contributed by atoms with van der Waals surface area (Å²) in [5.74, 6) is -1.47. The Morgan fingerprint density at radius 3 is 2.25 bits per heavy atom. The molecule has 3 rings (SSSR count). The summed E-state index contributed by atoms with van der Waals surface area (Å²) in [6.45, 7) is 4.24. The van der Waals surface area contributed by atoms with E-state index >= 15 is 0 Å². The van der Waals surface area contributed by atoms with E-state index in [1.54, 1.807) is 19.1 Å². The number of ether oxygens (including phenoxy) is 1. The van der Waals surface area contributed by atoms with Crippen LogP contribution in [0.25, 0.3) is 12.2 Å². The van der Waals surface area contributed by atoms with Crippen LogP contribution in [0.4, 0.5) is 8.78 Å². The first-order chi connectivity index (χ1) is 13.6. The summed E-state index contributed by atoms with van der Waals surface area (Å²) in [5, 5.41) is 0. The van der Waals surface area contributed by atoms with Crippen molar-refractivity contribution in [1.29, 1.82) is 0 Å². The second kappa shape index (κ2) is 9.32. The van der Waals surface area contributed by atoms with E-state index in [1.807, 2.05) is 18.2 Å². The number of halogens is 2. The SMILES string of the molecule is CCOc1ccc(C=Cc2ccc(C[C@H](C)c3ccccc3)cc2)c(F)c1F. The van der Waals surface area contributed by atoms with Gasteiger partial charge in [-0.05, 0) is 48.1 Å². The smallest absolute Gasteiger partial charge is 0.201 e. The first kappa shape index (κ1) is 19.8. The van der Waals surface area contributed by atoms with Gasteiger partial charge in [-0.1, -0.05) is 73.7 Å². The van der Waals surface area contributed by atoms with Crippen molar-refractivity contribution in [1.82, 2.24) is 0 Å². The van der Waals surface area contributed by atoms with Gasteiger partial charge in [0.1, 0.15) is 0 Å². The summed E-state index contributed by atoms with van der Waals surface area (Å²) >= 11 is 0. The second-order valence-corrected chi connectivity index (χ2v) is 6.80. The van der Waals surface area contributed by atoms with Gasteiger partial charge in [0.25, 0.3) is 0 Å². The topological polar surface area (TPSA) is 9.23 Å². The van der Waals surface area contributed by atoms with E-state index in [4.69, 9.17) is 4.74 Å². The molecule has 0 bridgehead atoms. The molecule has 144 valence electrons. The highest BCUT2D eigenvalue weighted by Crippen LogP contribution is 2.25. The van der Waals surface area contributed by atoms with E-state index in [-0.39, 0.29) is 11.3 Å². The Kier molecular flexibility index (Phi) is 6.59. The van der Waals surface area contributed by atoms with Crippen LogP contribution in [0.2, 0.25) is 0 Å². The predicted molar refractivity (Wildman–Crippen MR) is 111 cm³/mol. The van der Waals surface area contributed by atoms with E-state index < -0.39 is 11.6 Å². The summed E-state index contributed by atoms with van der Waals surface area (Å²) in [6, 6.07) is 21.5. The fourth-order valence-corrected chi connectivity index (χ4v) is 3.15. The molecular formula is C25H24F2O. The largest absolute Gasteiger partial charge is 0.491 e. The monoisotopic (exact) mass is 378 g/mol. The number of rotatable bonds is 7. The molecule has 0 unspecified atom stereocenters. The van der Waals surface area contributed by atoms with Crippen LogP contribution in [0.5, 0.6) is 5.75 Å². The Balaban J connectivity index is 1.68. The molecule has 3 heteroatoms. The van der Waals surface area contributed by atoms with E-state index in [1.165, 1.54) is 23.3 Å². The normalized spacial score (nSPS) is 12.3. The molecule has 0 radical (unpaired) electrons. The van der Waals surface area contributed by atoms with Gasteiger partial charge in [-0.2, -0.15) is 4.39 Å². The lowest BCUT2D eigenvalue weighted by Crippen LogP contribution is -1.98. The fraction of sp³-hybridized carbons (Fsp3) is 0.200. The lowest BCUT2D eigenvalue weighted by atomic mass is 9.93. The van der Waals surface area contributed by atoms with Crippen LogP contribution in [-0.2, 0) is 6.42 Å². The van der Waals surface area contributed by atoms with Gasteiger partial charge in [0.05, 0.1) is 6.61 Å².